The topological polar surface area (TPSA) is 78.9 Å². The van der Waals surface area contributed by atoms with Crippen LogP contribution in [0.2, 0.25) is 0 Å². The number of nitriles is 1. The summed E-state index contributed by atoms with van der Waals surface area (Å²) in [7, 11) is 0. The molecule has 0 aromatic carbocycles. The second kappa shape index (κ2) is 6.95. The van der Waals surface area contributed by atoms with Crippen molar-refractivity contribution in [1.82, 2.24) is 5.32 Å². The number of nitrogens with zero attached hydrogens (tertiary/aromatic N) is 1. The predicted molar refractivity (Wildman–Crippen MR) is 49.6 cm³/mol. The Kier molecular flexibility index (Phi) is 6.53. The summed E-state index contributed by atoms with van der Waals surface area (Å²) in [5.41, 5.74) is 5.49. The lowest BCUT2D eigenvalue weighted by Gasteiger charge is -2.08. The highest BCUT2D eigenvalue weighted by Crippen LogP contribution is 1.94. The van der Waals surface area contributed by atoms with Crippen molar-refractivity contribution in [3.63, 3.8) is 0 Å². The van der Waals surface area contributed by atoms with Crippen LogP contribution in [0.3, 0.4) is 0 Å². The molecule has 0 fully saturated rings. The first-order valence-electron chi connectivity index (χ1n) is 3.61. The van der Waals surface area contributed by atoms with E-state index in [1.807, 2.05) is 12.3 Å². The van der Waals surface area contributed by atoms with Gasteiger partial charge in [-0.25, -0.2) is 0 Å². The standard InChI is InChI=1S/C7H13N3OS/c1-12-5-6(9)7(11)10-4-2-3-8/h6H,2,4-5,9H2,1H3,(H,10,11). The van der Waals surface area contributed by atoms with Gasteiger partial charge in [0.25, 0.3) is 0 Å². The van der Waals surface area contributed by atoms with Crippen LogP contribution in [0.4, 0.5) is 0 Å². The van der Waals surface area contributed by atoms with Crippen molar-refractivity contribution < 1.29 is 4.79 Å². The smallest absolute Gasteiger partial charge is 0.237 e. The molecule has 0 rings (SSSR count). The Hall–Kier alpha value is -0.730. The van der Waals surface area contributed by atoms with Gasteiger partial charge in [-0.3, -0.25) is 4.79 Å². The van der Waals surface area contributed by atoms with Crippen molar-refractivity contribution in [2.45, 2.75) is 12.5 Å². The summed E-state index contributed by atoms with van der Waals surface area (Å²) in [6, 6.07) is 1.47. The SMILES string of the molecule is CSCC(N)C(=O)NCCC#N. The van der Waals surface area contributed by atoms with Crippen LogP contribution in [-0.2, 0) is 4.79 Å². The molecule has 0 heterocycles. The molecule has 1 amide bonds. The maximum Gasteiger partial charge on any atom is 0.237 e. The highest BCUT2D eigenvalue weighted by molar-refractivity contribution is 7.98. The Morgan fingerprint density at radius 3 is 3.00 bits per heavy atom. The quantitative estimate of drug-likeness (QED) is 0.579. The van der Waals surface area contributed by atoms with Gasteiger partial charge >= 0.3 is 0 Å². The molecule has 0 radical (unpaired) electrons. The van der Waals surface area contributed by atoms with Gasteiger partial charge in [0, 0.05) is 12.3 Å². The molecule has 3 N–H and O–H groups in total. The zero-order chi connectivity index (χ0) is 9.40. The van der Waals surface area contributed by atoms with Crippen LogP contribution < -0.4 is 11.1 Å². The average Bonchev–Trinajstić information content (AvgIpc) is 2.05. The minimum Gasteiger partial charge on any atom is -0.354 e. The maximum absolute atomic E-state index is 11.0. The van der Waals surface area contributed by atoms with Crippen LogP contribution in [-0.4, -0.2) is 30.5 Å². The second-order valence-electron chi connectivity index (χ2n) is 2.26. The minimum atomic E-state index is -0.460. The molecular weight excluding hydrogens is 174 g/mol. The van der Waals surface area contributed by atoms with Gasteiger partial charge in [0.1, 0.15) is 0 Å². The third-order valence-corrected chi connectivity index (χ3v) is 1.91. The van der Waals surface area contributed by atoms with E-state index in [-0.39, 0.29) is 5.91 Å². The van der Waals surface area contributed by atoms with E-state index in [0.717, 1.165) is 0 Å². The highest BCUT2D eigenvalue weighted by atomic mass is 32.2. The third-order valence-electron chi connectivity index (χ3n) is 1.22. The summed E-state index contributed by atoms with van der Waals surface area (Å²) >= 11 is 1.53. The molecule has 0 bridgehead atoms. The Morgan fingerprint density at radius 1 is 1.83 bits per heavy atom. The first-order valence-corrected chi connectivity index (χ1v) is 5.01. The van der Waals surface area contributed by atoms with Gasteiger partial charge in [0.2, 0.25) is 5.91 Å². The zero-order valence-corrected chi connectivity index (χ0v) is 7.86. The molecule has 0 aliphatic carbocycles. The van der Waals surface area contributed by atoms with E-state index in [1.54, 1.807) is 0 Å². The molecule has 1 unspecified atom stereocenters. The van der Waals surface area contributed by atoms with E-state index < -0.39 is 6.04 Å². The number of carbonyl (C=O) groups is 1. The molecular formula is C7H13N3OS. The lowest BCUT2D eigenvalue weighted by molar-refractivity contribution is -0.121. The Bertz CT molecular complexity index is 178. The summed E-state index contributed by atoms with van der Waals surface area (Å²) in [5, 5.41) is 10.8. The van der Waals surface area contributed by atoms with Crippen LogP contribution in [0.25, 0.3) is 0 Å². The molecule has 0 aromatic heterocycles. The number of rotatable bonds is 5. The number of carbonyl (C=O) groups excluding carboxylic acids is 1. The Balaban J connectivity index is 3.51. The molecule has 1 atom stereocenters. The first kappa shape index (κ1) is 11.3. The number of hydrogen-bond acceptors (Lipinski definition) is 4. The average molecular weight is 187 g/mol. The van der Waals surface area contributed by atoms with Crippen molar-refractivity contribution in [2.24, 2.45) is 5.73 Å². The number of hydrogen-bond donors (Lipinski definition) is 2. The maximum atomic E-state index is 11.0. The van der Waals surface area contributed by atoms with Gasteiger partial charge in [0.15, 0.2) is 0 Å². The lowest BCUT2D eigenvalue weighted by Crippen LogP contribution is -2.42. The fraction of sp³-hybridized carbons (Fsp3) is 0.714. The van der Waals surface area contributed by atoms with Crippen molar-refractivity contribution in [2.75, 3.05) is 18.6 Å². The third kappa shape index (κ3) is 4.99. The monoisotopic (exact) mass is 187 g/mol. The summed E-state index contributed by atoms with van der Waals surface area (Å²) in [6.45, 7) is 0.386. The van der Waals surface area contributed by atoms with Crippen LogP contribution in [0.1, 0.15) is 6.42 Å². The molecule has 0 saturated carbocycles. The van der Waals surface area contributed by atoms with Crippen molar-refractivity contribution >= 4 is 17.7 Å². The minimum absolute atomic E-state index is 0.181. The van der Waals surface area contributed by atoms with Gasteiger partial charge in [0.05, 0.1) is 18.5 Å². The van der Waals surface area contributed by atoms with Crippen molar-refractivity contribution in [1.29, 1.82) is 5.26 Å². The van der Waals surface area contributed by atoms with Gasteiger partial charge < -0.3 is 11.1 Å². The number of nitrogens with two attached hydrogens (primary N) is 1. The van der Waals surface area contributed by atoms with E-state index in [2.05, 4.69) is 5.32 Å². The van der Waals surface area contributed by atoms with Crippen molar-refractivity contribution in [3.8, 4) is 6.07 Å². The van der Waals surface area contributed by atoms with Gasteiger partial charge in [-0.15, -0.1) is 0 Å². The van der Waals surface area contributed by atoms with Crippen LogP contribution in [0.5, 0.6) is 0 Å². The summed E-state index contributed by atoms with van der Waals surface area (Å²) in [5.74, 6) is 0.429. The van der Waals surface area contributed by atoms with E-state index >= 15 is 0 Å². The summed E-state index contributed by atoms with van der Waals surface area (Å²) in [4.78, 5) is 11.0. The Morgan fingerprint density at radius 2 is 2.50 bits per heavy atom. The van der Waals surface area contributed by atoms with E-state index in [9.17, 15) is 4.79 Å². The molecule has 0 saturated heterocycles. The summed E-state index contributed by atoms with van der Waals surface area (Å²) in [6.07, 6.45) is 2.22. The van der Waals surface area contributed by atoms with Gasteiger partial charge in [-0.2, -0.15) is 17.0 Å². The van der Waals surface area contributed by atoms with Crippen LogP contribution >= 0.6 is 11.8 Å². The zero-order valence-electron chi connectivity index (χ0n) is 7.04. The highest BCUT2D eigenvalue weighted by Gasteiger charge is 2.10. The Labute approximate surface area is 76.5 Å². The lowest BCUT2D eigenvalue weighted by atomic mass is 10.3. The van der Waals surface area contributed by atoms with Crippen LogP contribution in [0, 0.1) is 11.3 Å². The molecule has 0 spiro atoms. The van der Waals surface area contributed by atoms with E-state index in [1.165, 1.54) is 11.8 Å². The van der Waals surface area contributed by atoms with E-state index in [0.29, 0.717) is 18.7 Å². The van der Waals surface area contributed by atoms with Gasteiger partial charge in [-0.1, -0.05) is 0 Å². The fourth-order valence-corrected chi connectivity index (χ4v) is 1.14. The van der Waals surface area contributed by atoms with Crippen LogP contribution in [0.15, 0.2) is 0 Å². The molecule has 12 heavy (non-hydrogen) atoms. The number of nitrogens with one attached hydrogen (secondary N) is 1. The largest absolute Gasteiger partial charge is 0.354 e. The molecule has 0 aliphatic rings. The molecule has 68 valence electrons. The van der Waals surface area contributed by atoms with E-state index in [4.69, 9.17) is 11.0 Å². The molecule has 0 aromatic rings. The van der Waals surface area contributed by atoms with Gasteiger partial charge in [-0.05, 0) is 6.26 Å². The van der Waals surface area contributed by atoms with Crippen molar-refractivity contribution in [3.05, 3.63) is 0 Å². The predicted octanol–water partition coefficient (Wildman–Crippen LogP) is -0.293. The normalized spacial score (nSPS) is 11.8. The first-order chi connectivity index (χ1) is 5.72. The summed E-state index contributed by atoms with van der Waals surface area (Å²) < 4.78 is 0. The number of thioether (sulfide) groups is 1. The number of amides is 1. The molecule has 5 heteroatoms. The second-order valence-corrected chi connectivity index (χ2v) is 3.17. The molecule has 4 nitrogen and oxygen atoms in total. The molecule has 0 aliphatic heterocycles. The fourth-order valence-electron chi connectivity index (χ4n) is 0.628.